The maximum atomic E-state index is 13.2. The summed E-state index contributed by atoms with van der Waals surface area (Å²) in [6.45, 7) is 9.34. The number of nitrogens with zero attached hydrogens (tertiary/aromatic N) is 4. The van der Waals surface area contributed by atoms with Gasteiger partial charge in [0.15, 0.2) is 23.3 Å². The van der Waals surface area contributed by atoms with E-state index in [1.165, 1.54) is 0 Å². The van der Waals surface area contributed by atoms with E-state index in [4.69, 9.17) is 9.47 Å². The summed E-state index contributed by atoms with van der Waals surface area (Å²) >= 11 is 0. The van der Waals surface area contributed by atoms with Crippen molar-refractivity contribution in [3.05, 3.63) is 61.5 Å². The average Bonchev–Trinajstić information content (AvgIpc) is 3.35. The molecule has 2 aromatic rings. The maximum absolute atomic E-state index is 13.2. The molecule has 7 heteroatoms. The summed E-state index contributed by atoms with van der Waals surface area (Å²) in [7, 11) is 0. The summed E-state index contributed by atoms with van der Waals surface area (Å²) in [6, 6.07) is 7.58. The predicted octanol–water partition coefficient (Wildman–Crippen LogP) is 3.25. The Bertz CT molecular complexity index is 897. The zero-order valence-corrected chi connectivity index (χ0v) is 16.5. The number of likely N-dealkylation sites (tertiary alicyclic amines) is 1. The standard InChI is InChI=1S/C22H26N4O3/c1-3-10-22(11-4-2)12-7-13-26(22)21(27)18-15-25(24-23-18)14-17-16-28-19-8-5-6-9-20(19)29-17/h3-6,8-9,15,17H,1-2,7,10-14,16H2. The number of para-hydroxylation sites is 2. The average molecular weight is 394 g/mol. The summed E-state index contributed by atoms with van der Waals surface area (Å²) in [5.74, 6) is 1.37. The minimum atomic E-state index is -0.256. The van der Waals surface area contributed by atoms with Crippen LogP contribution in [0.2, 0.25) is 0 Å². The van der Waals surface area contributed by atoms with Crippen LogP contribution in [0.3, 0.4) is 0 Å². The molecule has 4 rings (SSSR count). The molecule has 1 fully saturated rings. The molecular weight excluding hydrogens is 368 g/mol. The van der Waals surface area contributed by atoms with Crippen LogP contribution in [0.15, 0.2) is 55.8 Å². The zero-order valence-electron chi connectivity index (χ0n) is 16.5. The first-order chi connectivity index (χ1) is 14.1. The molecule has 0 bridgehead atoms. The Hall–Kier alpha value is -3.09. The molecule has 1 aromatic heterocycles. The Kier molecular flexibility index (Phi) is 5.38. The molecule has 3 heterocycles. The molecule has 0 aliphatic carbocycles. The highest BCUT2D eigenvalue weighted by atomic mass is 16.6. The van der Waals surface area contributed by atoms with Crippen LogP contribution < -0.4 is 9.47 Å². The van der Waals surface area contributed by atoms with Crippen molar-refractivity contribution < 1.29 is 14.3 Å². The summed E-state index contributed by atoms with van der Waals surface area (Å²) in [5.41, 5.74) is 0.0931. The van der Waals surface area contributed by atoms with Crippen molar-refractivity contribution in [1.29, 1.82) is 0 Å². The number of rotatable bonds is 7. The molecule has 1 atom stereocenters. The first-order valence-electron chi connectivity index (χ1n) is 9.97. The zero-order chi connectivity index (χ0) is 20.3. The van der Waals surface area contributed by atoms with Crippen LogP contribution in [0, 0.1) is 0 Å². The van der Waals surface area contributed by atoms with Crippen LogP contribution in [0.1, 0.15) is 36.2 Å². The lowest BCUT2D eigenvalue weighted by Gasteiger charge is -2.37. The number of carbonyl (C=O) groups is 1. The van der Waals surface area contributed by atoms with Crippen LogP contribution in [0.4, 0.5) is 0 Å². The first kappa shape index (κ1) is 19.2. The second-order valence-corrected chi connectivity index (χ2v) is 7.59. The summed E-state index contributed by atoms with van der Waals surface area (Å²) < 4.78 is 13.4. The number of benzene rings is 1. The van der Waals surface area contributed by atoms with Crippen molar-refractivity contribution >= 4 is 5.91 Å². The smallest absolute Gasteiger partial charge is 0.276 e. The third-order valence-corrected chi connectivity index (χ3v) is 5.61. The van der Waals surface area contributed by atoms with E-state index >= 15 is 0 Å². The highest BCUT2D eigenvalue weighted by Gasteiger charge is 2.42. The van der Waals surface area contributed by atoms with Gasteiger partial charge in [0.05, 0.1) is 18.3 Å². The van der Waals surface area contributed by atoms with Crippen molar-refractivity contribution in [3.63, 3.8) is 0 Å². The van der Waals surface area contributed by atoms with Crippen molar-refractivity contribution in [2.75, 3.05) is 13.2 Å². The summed E-state index contributed by atoms with van der Waals surface area (Å²) in [5, 5.41) is 8.27. The van der Waals surface area contributed by atoms with Gasteiger partial charge >= 0.3 is 0 Å². The highest BCUT2D eigenvalue weighted by Crippen LogP contribution is 2.37. The Morgan fingerprint density at radius 3 is 2.76 bits per heavy atom. The molecule has 152 valence electrons. The molecule has 1 unspecified atom stereocenters. The van der Waals surface area contributed by atoms with Gasteiger partial charge in [-0.15, -0.1) is 18.3 Å². The molecule has 29 heavy (non-hydrogen) atoms. The first-order valence-corrected chi connectivity index (χ1v) is 9.97. The van der Waals surface area contributed by atoms with Crippen molar-refractivity contribution in [3.8, 4) is 11.5 Å². The van der Waals surface area contributed by atoms with E-state index in [9.17, 15) is 4.79 Å². The second kappa shape index (κ2) is 8.11. The normalized spacial score (nSPS) is 19.7. The Labute approximate surface area is 170 Å². The van der Waals surface area contributed by atoms with E-state index in [2.05, 4.69) is 23.5 Å². The quantitative estimate of drug-likeness (QED) is 0.675. The third kappa shape index (κ3) is 3.77. The fourth-order valence-corrected chi connectivity index (χ4v) is 4.29. The van der Waals surface area contributed by atoms with Crippen LogP contribution in [0.5, 0.6) is 11.5 Å². The Balaban J connectivity index is 1.45. The molecule has 0 radical (unpaired) electrons. The van der Waals surface area contributed by atoms with Gasteiger partial charge in [-0.1, -0.05) is 29.5 Å². The molecule has 1 amide bonds. The van der Waals surface area contributed by atoms with E-state index in [1.807, 2.05) is 41.3 Å². The van der Waals surface area contributed by atoms with Gasteiger partial charge in [0.1, 0.15) is 6.61 Å². The molecule has 7 nitrogen and oxygen atoms in total. The molecular formula is C22H26N4O3. The molecule has 1 aromatic carbocycles. The van der Waals surface area contributed by atoms with Crippen molar-refractivity contribution in [2.45, 2.75) is 43.9 Å². The number of amides is 1. The molecule has 2 aliphatic heterocycles. The Morgan fingerprint density at radius 2 is 2.00 bits per heavy atom. The number of aromatic nitrogens is 3. The number of hydrogen-bond donors (Lipinski definition) is 0. The summed E-state index contributed by atoms with van der Waals surface area (Å²) in [4.78, 5) is 15.1. The molecule has 0 spiro atoms. The van der Waals surface area contributed by atoms with Crippen LogP contribution in [-0.2, 0) is 6.54 Å². The van der Waals surface area contributed by atoms with E-state index < -0.39 is 0 Å². The fraction of sp³-hybridized carbons (Fsp3) is 0.409. The van der Waals surface area contributed by atoms with Gasteiger partial charge in [-0.25, -0.2) is 4.68 Å². The van der Waals surface area contributed by atoms with Gasteiger partial charge in [0.25, 0.3) is 5.91 Å². The van der Waals surface area contributed by atoms with E-state index in [1.54, 1.807) is 10.9 Å². The molecule has 0 saturated carbocycles. The van der Waals surface area contributed by atoms with E-state index in [0.29, 0.717) is 25.4 Å². The van der Waals surface area contributed by atoms with Crippen molar-refractivity contribution in [2.24, 2.45) is 0 Å². The maximum Gasteiger partial charge on any atom is 0.276 e. The third-order valence-electron chi connectivity index (χ3n) is 5.61. The fourth-order valence-electron chi connectivity index (χ4n) is 4.29. The van der Waals surface area contributed by atoms with Gasteiger partial charge in [-0.3, -0.25) is 4.79 Å². The molecule has 2 aliphatic rings. The lowest BCUT2D eigenvalue weighted by Crippen LogP contribution is -2.47. The van der Waals surface area contributed by atoms with Gasteiger partial charge in [0, 0.05) is 6.54 Å². The van der Waals surface area contributed by atoms with Crippen LogP contribution in [-0.4, -0.2) is 50.6 Å². The number of fused-ring (bicyclic) bond motifs is 1. The van der Waals surface area contributed by atoms with Gasteiger partial charge in [0.2, 0.25) is 0 Å². The summed E-state index contributed by atoms with van der Waals surface area (Å²) in [6.07, 6.45) is 8.65. The molecule has 1 saturated heterocycles. The lowest BCUT2D eigenvalue weighted by molar-refractivity contribution is 0.0595. The predicted molar refractivity (Wildman–Crippen MR) is 109 cm³/mol. The SMILES string of the molecule is C=CCC1(CC=C)CCCN1C(=O)c1cn(CC2COc3ccccc3O2)nn1. The number of hydrogen-bond acceptors (Lipinski definition) is 5. The minimum Gasteiger partial charge on any atom is -0.486 e. The van der Waals surface area contributed by atoms with Crippen LogP contribution in [0.25, 0.3) is 0 Å². The van der Waals surface area contributed by atoms with Gasteiger partial charge in [-0.05, 0) is 37.8 Å². The van der Waals surface area contributed by atoms with Gasteiger partial charge < -0.3 is 14.4 Å². The van der Waals surface area contributed by atoms with Crippen molar-refractivity contribution in [1.82, 2.24) is 19.9 Å². The van der Waals surface area contributed by atoms with Gasteiger partial charge in [-0.2, -0.15) is 0 Å². The van der Waals surface area contributed by atoms with Crippen LogP contribution >= 0.6 is 0 Å². The van der Waals surface area contributed by atoms with E-state index in [0.717, 1.165) is 37.2 Å². The number of ether oxygens (including phenoxy) is 2. The monoisotopic (exact) mass is 394 g/mol. The minimum absolute atomic E-state index is 0.0939. The second-order valence-electron chi connectivity index (χ2n) is 7.59. The highest BCUT2D eigenvalue weighted by molar-refractivity contribution is 5.92. The lowest BCUT2D eigenvalue weighted by atomic mass is 9.88. The Morgan fingerprint density at radius 1 is 1.24 bits per heavy atom. The number of carbonyl (C=O) groups excluding carboxylic acids is 1. The topological polar surface area (TPSA) is 69.5 Å². The largest absolute Gasteiger partial charge is 0.486 e. The molecule has 0 N–H and O–H groups in total. The van der Waals surface area contributed by atoms with E-state index in [-0.39, 0.29) is 17.6 Å².